The topological polar surface area (TPSA) is 84.6 Å². The molecule has 32 heavy (non-hydrogen) atoms. The average molecular weight is 476 g/mol. The van der Waals surface area contributed by atoms with Crippen LogP contribution in [0.5, 0.6) is 0 Å². The summed E-state index contributed by atoms with van der Waals surface area (Å²) in [5.74, 6) is -0.881. The van der Waals surface area contributed by atoms with Gasteiger partial charge in [0, 0.05) is 24.1 Å². The lowest BCUT2D eigenvalue weighted by Crippen LogP contribution is -2.13. The Morgan fingerprint density at radius 3 is 2.53 bits per heavy atom. The highest BCUT2D eigenvalue weighted by Gasteiger charge is 2.22. The minimum absolute atomic E-state index is 0.0521. The summed E-state index contributed by atoms with van der Waals surface area (Å²) in [4.78, 5) is 32.8. The lowest BCUT2D eigenvalue weighted by Gasteiger charge is -2.09. The number of aryl methyl sites for hydroxylation is 2. The molecular formula is C24H27Cl2N3O3. The van der Waals surface area contributed by atoms with E-state index in [1.165, 1.54) is 11.8 Å². The normalized spacial score (nSPS) is 12.2. The molecule has 2 aromatic heterocycles. The summed E-state index contributed by atoms with van der Waals surface area (Å²) >= 11 is 12.1. The monoisotopic (exact) mass is 475 g/mol. The summed E-state index contributed by atoms with van der Waals surface area (Å²) in [5, 5.41) is 10.2. The Labute approximate surface area is 197 Å². The molecule has 8 heteroatoms. The van der Waals surface area contributed by atoms with E-state index in [9.17, 15) is 9.59 Å². The van der Waals surface area contributed by atoms with Crippen molar-refractivity contribution in [3.63, 3.8) is 0 Å². The second-order valence-electron chi connectivity index (χ2n) is 8.22. The maximum absolute atomic E-state index is 13.0. The Morgan fingerprint density at radius 1 is 1.06 bits per heavy atom. The van der Waals surface area contributed by atoms with Gasteiger partial charge in [-0.15, -0.1) is 0 Å². The van der Waals surface area contributed by atoms with Crippen LogP contribution in [0.25, 0.3) is 5.78 Å². The Morgan fingerprint density at radius 2 is 1.81 bits per heavy atom. The minimum Gasteiger partial charge on any atom is -0.481 e. The van der Waals surface area contributed by atoms with Crippen LogP contribution in [-0.2, 0) is 17.6 Å². The molecule has 1 atom stereocenters. The van der Waals surface area contributed by atoms with E-state index in [1.54, 1.807) is 17.5 Å². The molecule has 1 N–H and O–H groups in total. The van der Waals surface area contributed by atoms with Crippen molar-refractivity contribution in [2.24, 2.45) is 5.92 Å². The fraction of sp³-hybridized carbons (Fsp3) is 0.417. The minimum atomic E-state index is -0.911. The zero-order chi connectivity index (χ0) is 23.1. The number of carboxylic acids is 1. The molecule has 0 aliphatic heterocycles. The van der Waals surface area contributed by atoms with E-state index in [0.717, 1.165) is 37.1 Å². The summed E-state index contributed by atoms with van der Waals surface area (Å²) in [6, 6.07) is 7.93. The van der Waals surface area contributed by atoms with Crippen LogP contribution in [0.15, 0.2) is 36.7 Å². The fourth-order valence-corrected chi connectivity index (χ4v) is 4.24. The quantitative estimate of drug-likeness (QED) is 0.254. The second kappa shape index (κ2) is 11.4. The van der Waals surface area contributed by atoms with E-state index in [1.807, 2.05) is 18.2 Å². The summed E-state index contributed by atoms with van der Waals surface area (Å²) in [7, 11) is 0. The number of Topliss-reactive ketones (excluding diaryl/α,β-unsaturated/α-hetero) is 1. The third-order valence-electron chi connectivity index (χ3n) is 5.36. The summed E-state index contributed by atoms with van der Waals surface area (Å²) < 4.78 is 1.63. The Bertz CT molecular complexity index is 1100. The van der Waals surface area contributed by atoms with E-state index in [4.69, 9.17) is 28.3 Å². The Balaban J connectivity index is 1.62. The Kier molecular flexibility index (Phi) is 8.65. The zero-order valence-corrected chi connectivity index (χ0v) is 19.6. The van der Waals surface area contributed by atoms with Crippen molar-refractivity contribution in [3.05, 3.63) is 63.7 Å². The molecule has 6 nitrogen and oxygen atoms in total. The molecular weight excluding hydrogens is 449 g/mol. The standard InChI is InChI=1S/C24H27Cl2N3O3/c1-16(12-22(31)32)11-21(30)23-20(28-24-27-14-19(26)15-29(23)24)10-5-3-2-4-7-17-8-6-9-18(25)13-17/h6,8-9,13-16H,2-5,7,10-12H2,1H3,(H,31,32)/t16-/m0/s1. The highest BCUT2D eigenvalue weighted by atomic mass is 35.5. The molecule has 0 unspecified atom stereocenters. The Hall–Kier alpha value is -2.44. The maximum atomic E-state index is 13.0. The van der Waals surface area contributed by atoms with Gasteiger partial charge in [0.1, 0.15) is 5.69 Å². The van der Waals surface area contributed by atoms with Crippen molar-refractivity contribution < 1.29 is 14.7 Å². The van der Waals surface area contributed by atoms with Crippen molar-refractivity contribution in [3.8, 4) is 0 Å². The molecule has 0 aliphatic carbocycles. The molecule has 0 fully saturated rings. The number of carbonyl (C=O) groups is 2. The number of rotatable bonds is 12. The van der Waals surface area contributed by atoms with Gasteiger partial charge in [0.2, 0.25) is 5.78 Å². The highest BCUT2D eigenvalue weighted by Crippen LogP contribution is 2.21. The van der Waals surface area contributed by atoms with Crippen molar-refractivity contribution in [1.82, 2.24) is 14.4 Å². The first-order valence-corrected chi connectivity index (χ1v) is 11.6. The number of nitrogens with zero attached hydrogens (tertiary/aromatic N) is 3. The molecule has 0 saturated carbocycles. The number of aliphatic carboxylic acids is 1. The number of carbonyl (C=O) groups excluding carboxylic acids is 1. The molecule has 0 spiro atoms. The predicted molar refractivity (Wildman–Crippen MR) is 126 cm³/mol. The molecule has 3 aromatic rings. The lowest BCUT2D eigenvalue weighted by atomic mass is 9.98. The zero-order valence-electron chi connectivity index (χ0n) is 18.1. The van der Waals surface area contributed by atoms with Crippen LogP contribution in [0.4, 0.5) is 0 Å². The number of hydrogen-bond acceptors (Lipinski definition) is 4. The SMILES string of the molecule is C[C@H](CC(=O)O)CC(=O)c1c(CCCCCCc2cccc(Cl)c2)nc2ncc(Cl)cn12. The number of ketones is 1. The van der Waals surface area contributed by atoms with Crippen LogP contribution in [0.1, 0.15) is 67.2 Å². The molecule has 2 heterocycles. The van der Waals surface area contributed by atoms with Crippen molar-refractivity contribution in [2.75, 3.05) is 0 Å². The lowest BCUT2D eigenvalue weighted by molar-refractivity contribution is -0.137. The van der Waals surface area contributed by atoms with Gasteiger partial charge in [0.05, 0.1) is 16.9 Å². The first-order chi connectivity index (χ1) is 15.3. The molecule has 3 rings (SSSR count). The number of halogens is 2. The van der Waals surface area contributed by atoms with E-state index < -0.39 is 5.97 Å². The first kappa shape index (κ1) is 24.2. The maximum Gasteiger partial charge on any atom is 0.303 e. The van der Waals surface area contributed by atoms with E-state index in [2.05, 4.69) is 16.0 Å². The molecule has 0 saturated heterocycles. The number of unbranched alkanes of at least 4 members (excludes halogenated alkanes) is 3. The van der Waals surface area contributed by atoms with Gasteiger partial charge in [-0.3, -0.25) is 14.0 Å². The summed E-state index contributed by atoms with van der Waals surface area (Å²) in [6.07, 6.45) is 8.94. The van der Waals surface area contributed by atoms with Crippen LogP contribution < -0.4 is 0 Å². The first-order valence-electron chi connectivity index (χ1n) is 10.9. The van der Waals surface area contributed by atoms with Gasteiger partial charge in [0.25, 0.3) is 0 Å². The van der Waals surface area contributed by atoms with Crippen molar-refractivity contribution in [2.45, 2.75) is 58.3 Å². The molecule has 0 amide bonds. The largest absolute Gasteiger partial charge is 0.481 e. The summed E-state index contributed by atoms with van der Waals surface area (Å²) in [5.41, 5.74) is 2.40. The second-order valence-corrected chi connectivity index (χ2v) is 9.10. The van der Waals surface area contributed by atoms with Gasteiger partial charge in [-0.05, 0) is 49.3 Å². The van der Waals surface area contributed by atoms with Gasteiger partial charge >= 0.3 is 5.97 Å². The van der Waals surface area contributed by atoms with Gasteiger partial charge in [0.15, 0.2) is 5.78 Å². The van der Waals surface area contributed by atoms with Crippen LogP contribution >= 0.6 is 23.2 Å². The predicted octanol–water partition coefficient (Wildman–Crippen LogP) is 6.07. The average Bonchev–Trinajstić information content (AvgIpc) is 3.07. The van der Waals surface area contributed by atoms with Gasteiger partial charge in [-0.1, -0.05) is 55.1 Å². The third kappa shape index (κ3) is 6.78. The summed E-state index contributed by atoms with van der Waals surface area (Å²) in [6.45, 7) is 1.76. The smallest absolute Gasteiger partial charge is 0.303 e. The number of hydrogen-bond donors (Lipinski definition) is 1. The van der Waals surface area contributed by atoms with Crippen molar-refractivity contribution >= 4 is 40.7 Å². The number of fused-ring (bicyclic) bond motifs is 1. The van der Waals surface area contributed by atoms with Gasteiger partial charge in [-0.2, -0.15) is 0 Å². The van der Waals surface area contributed by atoms with Crippen LogP contribution in [0, 0.1) is 5.92 Å². The number of carboxylic acid groups (broad SMARTS) is 1. The van der Waals surface area contributed by atoms with E-state index >= 15 is 0 Å². The van der Waals surface area contributed by atoms with Gasteiger partial charge in [-0.25, -0.2) is 9.97 Å². The van der Waals surface area contributed by atoms with E-state index in [0.29, 0.717) is 28.6 Å². The third-order valence-corrected chi connectivity index (χ3v) is 5.79. The molecule has 0 aliphatic rings. The molecule has 0 bridgehead atoms. The number of aromatic nitrogens is 3. The molecule has 1 aromatic carbocycles. The van der Waals surface area contributed by atoms with Crippen LogP contribution in [-0.4, -0.2) is 31.2 Å². The van der Waals surface area contributed by atoms with E-state index in [-0.39, 0.29) is 24.5 Å². The van der Waals surface area contributed by atoms with Gasteiger partial charge < -0.3 is 5.11 Å². The number of benzene rings is 1. The highest BCUT2D eigenvalue weighted by molar-refractivity contribution is 6.30. The fourth-order valence-electron chi connectivity index (χ4n) is 3.88. The van der Waals surface area contributed by atoms with Crippen LogP contribution in [0.2, 0.25) is 10.0 Å². The molecule has 0 radical (unpaired) electrons. The van der Waals surface area contributed by atoms with Crippen LogP contribution in [0.3, 0.4) is 0 Å². The number of imidazole rings is 1. The molecule has 170 valence electrons. The van der Waals surface area contributed by atoms with Crippen molar-refractivity contribution in [1.29, 1.82) is 0 Å².